The Bertz CT molecular complexity index is 1500. The van der Waals surface area contributed by atoms with Crippen molar-refractivity contribution in [1.29, 1.82) is 0 Å². The maximum absolute atomic E-state index is 12.5. The summed E-state index contributed by atoms with van der Waals surface area (Å²) in [6.07, 6.45) is 3.18. The van der Waals surface area contributed by atoms with Crippen molar-refractivity contribution in [1.82, 2.24) is 19.5 Å². The van der Waals surface area contributed by atoms with Gasteiger partial charge in [0.15, 0.2) is 0 Å². The van der Waals surface area contributed by atoms with Gasteiger partial charge in [-0.25, -0.2) is 9.78 Å². The molecule has 33 heavy (non-hydrogen) atoms. The van der Waals surface area contributed by atoms with Gasteiger partial charge in [-0.15, -0.1) is 0 Å². The van der Waals surface area contributed by atoms with E-state index in [0.717, 1.165) is 27.6 Å². The van der Waals surface area contributed by atoms with Gasteiger partial charge in [0.25, 0.3) is 4.96 Å². The van der Waals surface area contributed by atoms with Crippen molar-refractivity contribution >= 4 is 51.3 Å². The number of benzene rings is 2. The Morgan fingerprint density at radius 1 is 1.12 bits per heavy atom. The van der Waals surface area contributed by atoms with Gasteiger partial charge >= 0.3 is 12.0 Å². The molecule has 5 rings (SSSR count). The summed E-state index contributed by atoms with van der Waals surface area (Å²) < 4.78 is 3.71. The zero-order valence-electron chi connectivity index (χ0n) is 17.4. The van der Waals surface area contributed by atoms with Crippen LogP contribution in [0.25, 0.3) is 27.6 Å². The topological polar surface area (TPSA) is 115 Å². The molecule has 164 valence electrons. The van der Waals surface area contributed by atoms with Crippen LogP contribution in [0.15, 0.2) is 66.6 Å². The number of imidazole rings is 1. The zero-order valence-corrected chi connectivity index (χ0v) is 18.9. The number of hydrogen-bond donors (Lipinski definition) is 3. The highest BCUT2D eigenvalue weighted by Crippen LogP contribution is 2.32. The highest BCUT2D eigenvalue weighted by Gasteiger charge is 2.22. The molecule has 0 saturated carbocycles. The molecule has 0 fully saturated rings. The molecule has 0 aliphatic heterocycles. The standard InChI is InChI=1S/C22H17ClN8OS/c1-30-12-27-18(19(30)17-10-33-22-26-11-25-20(24)31(17)22)13-5-4-6-14(9-13)28-21(32)29-16-8-3-2-7-15(16)23/h2-12,24H,1H3,(H2,28,29,32)/p+1. The summed E-state index contributed by atoms with van der Waals surface area (Å²) >= 11 is 7.59. The minimum Gasteiger partial charge on any atom is -0.331 e. The molecular weight excluding hydrogens is 460 g/mol. The number of aryl methyl sites for hydroxylation is 1. The van der Waals surface area contributed by atoms with E-state index in [-0.39, 0.29) is 0 Å². The van der Waals surface area contributed by atoms with Crippen molar-refractivity contribution in [3.8, 4) is 22.6 Å². The van der Waals surface area contributed by atoms with Crippen molar-refractivity contribution in [2.45, 2.75) is 0 Å². The number of carbonyl (C=O) groups is 1. The third kappa shape index (κ3) is 3.97. The number of para-hydroxylation sites is 1. The minimum absolute atomic E-state index is 0.343. The van der Waals surface area contributed by atoms with E-state index in [9.17, 15) is 4.79 Å². The number of nitrogens with two attached hydrogens (primary N) is 1. The summed E-state index contributed by atoms with van der Waals surface area (Å²) in [5.41, 5.74) is 10.5. The number of thiazole rings is 1. The van der Waals surface area contributed by atoms with Gasteiger partial charge in [-0.3, -0.25) is 0 Å². The lowest BCUT2D eigenvalue weighted by Crippen LogP contribution is -2.29. The van der Waals surface area contributed by atoms with E-state index in [2.05, 4.69) is 25.6 Å². The van der Waals surface area contributed by atoms with Gasteiger partial charge in [0.1, 0.15) is 11.4 Å². The first-order chi connectivity index (χ1) is 16.0. The Hall–Kier alpha value is -4.02. The summed E-state index contributed by atoms with van der Waals surface area (Å²) in [5, 5.41) is 8.03. The number of amides is 2. The van der Waals surface area contributed by atoms with E-state index in [1.54, 1.807) is 41.1 Å². The third-order valence-corrected chi connectivity index (χ3v) is 6.16. The fourth-order valence-corrected chi connectivity index (χ4v) is 4.54. The lowest BCUT2D eigenvalue weighted by molar-refractivity contribution is -0.484. The zero-order chi connectivity index (χ0) is 22.9. The molecule has 0 atom stereocenters. The molecule has 0 aliphatic carbocycles. The predicted molar refractivity (Wildman–Crippen MR) is 129 cm³/mol. The van der Waals surface area contributed by atoms with E-state index in [1.165, 1.54) is 17.7 Å². The van der Waals surface area contributed by atoms with Crippen LogP contribution in [-0.4, -0.2) is 25.6 Å². The molecule has 0 aliphatic rings. The predicted octanol–water partition coefficient (Wildman–Crippen LogP) is 4.22. The second kappa shape index (κ2) is 8.49. The normalized spacial score (nSPS) is 11.0. The van der Waals surface area contributed by atoms with Crippen LogP contribution in [0.2, 0.25) is 5.02 Å². The number of urea groups is 1. The first-order valence-electron chi connectivity index (χ1n) is 9.85. The van der Waals surface area contributed by atoms with Gasteiger partial charge in [-0.05, 0) is 24.3 Å². The maximum Gasteiger partial charge on any atom is 0.353 e. The Morgan fingerprint density at radius 2 is 1.97 bits per heavy atom. The quantitative estimate of drug-likeness (QED) is 0.335. The van der Waals surface area contributed by atoms with Crippen LogP contribution in [-0.2, 0) is 7.05 Å². The molecule has 11 heteroatoms. The van der Waals surface area contributed by atoms with E-state index < -0.39 is 6.03 Å². The Kier molecular flexibility index (Phi) is 5.37. The van der Waals surface area contributed by atoms with Crippen molar-refractivity contribution < 1.29 is 9.20 Å². The van der Waals surface area contributed by atoms with Gasteiger partial charge < -0.3 is 20.9 Å². The lowest BCUT2D eigenvalue weighted by atomic mass is 10.1. The van der Waals surface area contributed by atoms with Crippen molar-refractivity contribution in [2.75, 3.05) is 16.4 Å². The summed E-state index contributed by atoms with van der Waals surface area (Å²) in [4.78, 5) is 26.2. The highest BCUT2D eigenvalue weighted by atomic mass is 35.5. The van der Waals surface area contributed by atoms with Crippen LogP contribution in [0.5, 0.6) is 0 Å². The molecule has 9 nitrogen and oxygen atoms in total. The fraction of sp³-hybridized carbons (Fsp3) is 0.0455. The molecular formula is C22H18ClN8OS+. The largest absolute Gasteiger partial charge is 0.353 e. The smallest absolute Gasteiger partial charge is 0.331 e. The van der Waals surface area contributed by atoms with Gasteiger partial charge in [-0.2, -0.15) is 4.40 Å². The van der Waals surface area contributed by atoms with Crippen LogP contribution in [0, 0.1) is 0 Å². The molecule has 0 spiro atoms. The molecule has 2 amide bonds. The number of aromatic nitrogens is 5. The van der Waals surface area contributed by atoms with E-state index in [1.807, 2.05) is 35.2 Å². The molecule has 3 aromatic heterocycles. The van der Waals surface area contributed by atoms with Crippen LogP contribution >= 0.6 is 22.9 Å². The molecule has 4 N–H and O–H groups in total. The minimum atomic E-state index is -0.397. The van der Waals surface area contributed by atoms with Crippen LogP contribution in [0.4, 0.5) is 22.1 Å². The maximum atomic E-state index is 12.5. The number of nitrogens with one attached hydrogen (secondary N) is 2. The molecule has 0 unspecified atom stereocenters. The summed E-state index contributed by atoms with van der Waals surface area (Å²) in [5.74, 6) is 0.343. The number of hydrogen-bond acceptors (Lipinski definition) is 6. The summed E-state index contributed by atoms with van der Waals surface area (Å²) in [7, 11) is 1.91. The second-order valence-electron chi connectivity index (χ2n) is 7.16. The number of nitrogen functional groups attached to an aromatic ring is 1. The van der Waals surface area contributed by atoms with Crippen molar-refractivity contribution in [3.63, 3.8) is 0 Å². The number of anilines is 3. The molecule has 0 bridgehead atoms. The fourth-order valence-electron chi connectivity index (χ4n) is 3.52. The first kappa shape index (κ1) is 20.9. The number of rotatable bonds is 4. The molecule has 3 heterocycles. The number of nitrogens with zero attached hydrogens (tertiary/aromatic N) is 5. The lowest BCUT2D eigenvalue weighted by Gasteiger charge is -2.10. The summed E-state index contributed by atoms with van der Waals surface area (Å²) in [6.45, 7) is 0. The average Bonchev–Trinajstić information content (AvgIpc) is 3.39. The van der Waals surface area contributed by atoms with Gasteiger partial charge in [-0.1, -0.05) is 57.2 Å². The Morgan fingerprint density at radius 3 is 2.82 bits per heavy atom. The van der Waals surface area contributed by atoms with Crippen LogP contribution < -0.4 is 20.8 Å². The van der Waals surface area contributed by atoms with Gasteiger partial charge in [0, 0.05) is 23.7 Å². The van der Waals surface area contributed by atoms with Gasteiger partial charge in [0.2, 0.25) is 6.33 Å². The monoisotopic (exact) mass is 477 g/mol. The van der Waals surface area contributed by atoms with E-state index in [0.29, 0.717) is 22.3 Å². The molecule has 5 aromatic rings. The van der Waals surface area contributed by atoms with E-state index >= 15 is 0 Å². The van der Waals surface area contributed by atoms with E-state index in [4.69, 9.17) is 17.3 Å². The molecule has 0 radical (unpaired) electrons. The molecule has 0 saturated heterocycles. The number of carbonyl (C=O) groups excluding carboxylic acids is 1. The van der Waals surface area contributed by atoms with Crippen molar-refractivity contribution in [3.05, 3.63) is 71.6 Å². The van der Waals surface area contributed by atoms with Crippen molar-refractivity contribution in [2.24, 2.45) is 7.05 Å². The van der Waals surface area contributed by atoms with Crippen LogP contribution in [0.1, 0.15) is 0 Å². The second-order valence-corrected chi connectivity index (χ2v) is 8.41. The SMILES string of the molecule is Cn1cnc(-c2cccc(NC(=O)Nc3ccccc3Cl)c2)c1-c1csc2ncnc(N)[n+]12. The Labute approximate surface area is 197 Å². The number of halogens is 1. The number of fused-ring (bicyclic) bond motifs is 1. The first-order valence-corrected chi connectivity index (χ1v) is 11.1. The molecule has 2 aromatic carbocycles. The van der Waals surface area contributed by atoms with Crippen LogP contribution in [0.3, 0.4) is 0 Å². The Balaban J connectivity index is 1.48. The highest BCUT2D eigenvalue weighted by molar-refractivity contribution is 7.14. The van der Waals surface area contributed by atoms with Gasteiger partial charge in [0.05, 0.1) is 22.7 Å². The average molecular weight is 478 g/mol. The third-order valence-electron chi connectivity index (χ3n) is 4.99. The summed E-state index contributed by atoms with van der Waals surface area (Å²) in [6, 6.07) is 14.1.